The van der Waals surface area contributed by atoms with Crippen LogP contribution in [0.25, 0.3) is 10.2 Å². The molecule has 2 aliphatic heterocycles. The van der Waals surface area contributed by atoms with Gasteiger partial charge in [-0.1, -0.05) is 10.3 Å². The highest BCUT2D eigenvalue weighted by Gasteiger charge is 2.54. The molecule has 1 unspecified atom stereocenters. The van der Waals surface area contributed by atoms with Gasteiger partial charge in [-0.15, -0.1) is 23.1 Å². The molecule has 35 heavy (non-hydrogen) atoms. The van der Waals surface area contributed by atoms with Crippen LogP contribution in [-0.4, -0.2) is 62.9 Å². The molecule has 0 radical (unpaired) electrons. The topological polar surface area (TPSA) is 164 Å². The Morgan fingerprint density at radius 3 is 3.00 bits per heavy atom. The van der Waals surface area contributed by atoms with Crippen LogP contribution in [0, 0.1) is 0 Å². The number of nitrogens with one attached hydrogen (secondary N) is 1. The maximum Gasteiger partial charge on any atom is 0.352 e. The number of carbonyl (C=O) groups excluding carboxylic acids is 2. The molecule has 1 fully saturated rings. The van der Waals surface area contributed by atoms with Gasteiger partial charge >= 0.3 is 5.97 Å². The van der Waals surface area contributed by atoms with Crippen LogP contribution in [0.5, 0.6) is 0 Å². The second-order valence-electron chi connectivity index (χ2n) is 7.66. The van der Waals surface area contributed by atoms with Gasteiger partial charge in [0.1, 0.15) is 29.9 Å². The molecule has 5 heterocycles. The molecule has 0 saturated carbocycles. The fourth-order valence-electron chi connectivity index (χ4n) is 4.05. The Hall–Kier alpha value is -3.91. The lowest BCUT2D eigenvalue weighted by molar-refractivity contribution is -0.663. The number of hydrogen-bond acceptors (Lipinski definition) is 10. The average molecular weight is 516 g/mol. The number of hydrogen-bond donors (Lipinski definition) is 3. The van der Waals surface area contributed by atoms with E-state index >= 15 is 0 Å². The number of nitrogens with two attached hydrogens (primary N) is 1. The first-order valence-electron chi connectivity index (χ1n) is 10.3. The molecule has 0 aromatic carbocycles. The van der Waals surface area contributed by atoms with Crippen LogP contribution >= 0.6 is 23.1 Å². The van der Waals surface area contributed by atoms with Crippen molar-refractivity contribution in [2.24, 2.45) is 5.16 Å². The van der Waals surface area contributed by atoms with Crippen molar-refractivity contribution >= 4 is 62.7 Å². The van der Waals surface area contributed by atoms with Crippen molar-refractivity contribution in [1.82, 2.24) is 15.4 Å². The summed E-state index contributed by atoms with van der Waals surface area (Å²) >= 11 is 2.98. The van der Waals surface area contributed by atoms with E-state index in [4.69, 9.17) is 15.1 Å². The van der Waals surface area contributed by atoms with E-state index in [9.17, 15) is 19.5 Å². The predicted octanol–water partition coefficient (Wildman–Crippen LogP) is 0.548. The van der Waals surface area contributed by atoms with Crippen molar-refractivity contribution in [2.75, 3.05) is 18.6 Å². The Morgan fingerprint density at radius 2 is 2.29 bits per heavy atom. The lowest BCUT2D eigenvalue weighted by Gasteiger charge is -2.49. The van der Waals surface area contributed by atoms with Crippen molar-refractivity contribution in [1.29, 1.82) is 0 Å². The fraction of sp³-hybridized carbons (Fsp3) is 0.238. The molecule has 2 atom stereocenters. The molecule has 4 N–H and O–H groups in total. The quantitative estimate of drug-likeness (QED) is 0.176. The van der Waals surface area contributed by atoms with Crippen molar-refractivity contribution in [3.05, 3.63) is 52.8 Å². The smallest absolute Gasteiger partial charge is 0.352 e. The zero-order valence-corrected chi connectivity index (χ0v) is 19.8. The Labute approximate surface area is 206 Å². The number of carboxylic acids is 1. The molecule has 2 aliphatic rings. The standard InChI is InChI=1S/C21H18N6O6S2/c1-32-25-15(11-7-14(22)33-24-11)18(28)23-16-19(29)27-17(21(30)31)10(9-35-20(16)27)8-26-5-2-3-13-12(26)4-6-34-13/h2-7,16,20H,8-9H2,1H3,(H3-,22,23,24,28,30,31)/p+1/b25-15-/t16?,20-/m1/s1. The van der Waals surface area contributed by atoms with E-state index in [0.29, 0.717) is 17.9 Å². The highest BCUT2D eigenvalue weighted by Crippen LogP contribution is 2.40. The minimum Gasteiger partial charge on any atom is -0.477 e. The highest BCUT2D eigenvalue weighted by molar-refractivity contribution is 8.00. The average Bonchev–Trinajstić information content (AvgIpc) is 3.49. The summed E-state index contributed by atoms with van der Waals surface area (Å²) in [6.45, 7) is 0.328. The number of thioether (sulfide) groups is 1. The third-order valence-corrected chi connectivity index (χ3v) is 7.77. The van der Waals surface area contributed by atoms with Crippen molar-refractivity contribution < 1.29 is 33.4 Å². The van der Waals surface area contributed by atoms with Crippen LogP contribution in [0.15, 0.2) is 56.8 Å². The number of nitrogens with zero attached hydrogens (tertiary/aromatic N) is 4. The van der Waals surface area contributed by atoms with Gasteiger partial charge in [-0.3, -0.25) is 14.5 Å². The van der Waals surface area contributed by atoms with Crippen LogP contribution in [-0.2, 0) is 25.8 Å². The van der Waals surface area contributed by atoms with Crippen molar-refractivity contribution in [3.63, 3.8) is 0 Å². The van der Waals surface area contributed by atoms with Gasteiger partial charge in [0.25, 0.3) is 11.8 Å². The Balaban J connectivity index is 1.38. The van der Waals surface area contributed by atoms with Gasteiger partial charge < -0.3 is 25.5 Å². The second kappa shape index (κ2) is 9.03. The normalized spacial score (nSPS) is 20.0. The van der Waals surface area contributed by atoms with Crippen LogP contribution < -0.4 is 15.6 Å². The van der Waals surface area contributed by atoms with E-state index in [0.717, 1.165) is 10.2 Å². The molecule has 2 amide bonds. The lowest BCUT2D eigenvalue weighted by Crippen LogP contribution is -2.71. The number of carbonyl (C=O) groups is 3. The fourth-order valence-corrected chi connectivity index (χ4v) is 6.19. The van der Waals surface area contributed by atoms with E-state index in [1.54, 1.807) is 11.3 Å². The third-order valence-electron chi connectivity index (χ3n) is 5.56. The first-order valence-corrected chi connectivity index (χ1v) is 12.2. The Kier molecular flexibility index (Phi) is 5.90. The third kappa shape index (κ3) is 4.00. The minimum absolute atomic E-state index is 0.0230. The van der Waals surface area contributed by atoms with Crippen LogP contribution in [0.4, 0.5) is 5.88 Å². The number of oxime groups is 1. The molecular formula is C21H19N6O6S2+. The molecule has 5 rings (SSSR count). The summed E-state index contributed by atoms with van der Waals surface area (Å²) in [7, 11) is 1.25. The van der Waals surface area contributed by atoms with E-state index < -0.39 is 29.2 Å². The summed E-state index contributed by atoms with van der Waals surface area (Å²) in [5, 5.41) is 21.3. The predicted molar refractivity (Wildman–Crippen MR) is 126 cm³/mol. The molecule has 0 bridgehead atoms. The monoisotopic (exact) mass is 515 g/mol. The first kappa shape index (κ1) is 22.9. The van der Waals surface area contributed by atoms with E-state index in [2.05, 4.69) is 15.6 Å². The number of amides is 2. The van der Waals surface area contributed by atoms with Gasteiger partial charge in [0.2, 0.25) is 11.4 Å². The molecule has 1 saturated heterocycles. The highest BCUT2D eigenvalue weighted by atomic mass is 32.2. The van der Waals surface area contributed by atoms with Gasteiger partial charge in [0.15, 0.2) is 18.5 Å². The van der Waals surface area contributed by atoms with Crippen LogP contribution in [0.2, 0.25) is 0 Å². The number of thiophene rings is 1. The van der Waals surface area contributed by atoms with E-state index in [1.807, 2.05) is 34.3 Å². The van der Waals surface area contributed by atoms with Crippen molar-refractivity contribution in [2.45, 2.75) is 18.0 Å². The zero-order valence-electron chi connectivity index (χ0n) is 18.2. The summed E-state index contributed by atoms with van der Waals surface area (Å²) in [6, 6.07) is 6.23. The van der Waals surface area contributed by atoms with Crippen LogP contribution in [0.1, 0.15) is 5.69 Å². The number of anilines is 1. The molecule has 3 aromatic rings. The van der Waals surface area contributed by atoms with Gasteiger partial charge in [-0.25, -0.2) is 4.79 Å². The minimum atomic E-state index is -1.19. The molecule has 14 heteroatoms. The number of aromatic nitrogens is 2. The number of pyridine rings is 1. The molecule has 0 spiro atoms. The Morgan fingerprint density at radius 1 is 1.46 bits per heavy atom. The summed E-state index contributed by atoms with van der Waals surface area (Å²) < 4.78 is 7.82. The maximum atomic E-state index is 13.0. The first-order chi connectivity index (χ1) is 16.9. The largest absolute Gasteiger partial charge is 0.477 e. The van der Waals surface area contributed by atoms with E-state index in [-0.39, 0.29) is 23.0 Å². The number of carboxylic acid groups (broad SMARTS) is 1. The maximum absolute atomic E-state index is 13.0. The summed E-state index contributed by atoms with van der Waals surface area (Å²) in [5.41, 5.74) is 6.87. The van der Waals surface area contributed by atoms with Crippen LogP contribution in [0.3, 0.4) is 0 Å². The SMILES string of the molecule is CO/N=C(\C(=O)NC1C(=O)N2C(C(=O)O)=C(C[n+]3cccc4sccc43)CS[C@H]12)c1cc(N)on1. The number of rotatable bonds is 7. The Bertz CT molecular complexity index is 1410. The molecular weight excluding hydrogens is 496 g/mol. The zero-order chi connectivity index (χ0) is 24.7. The van der Waals surface area contributed by atoms with Gasteiger partial charge in [0.05, 0.1) is 4.70 Å². The molecule has 12 nitrogen and oxygen atoms in total. The molecule has 0 aliphatic carbocycles. The van der Waals surface area contributed by atoms with Gasteiger partial charge in [0, 0.05) is 29.5 Å². The molecule has 180 valence electrons. The number of β-lactam (4-membered cyclic amide) rings is 1. The summed E-state index contributed by atoms with van der Waals surface area (Å²) in [5.74, 6) is -2.09. The number of aliphatic carboxylic acids is 1. The van der Waals surface area contributed by atoms with E-state index in [1.165, 1.54) is 29.8 Å². The lowest BCUT2D eigenvalue weighted by atomic mass is 10.0. The van der Waals surface area contributed by atoms with Gasteiger partial charge in [-0.2, -0.15) is 4.57 Å². The summed E-state index contributed by atoms with van der Waals surface area (Å²) in [4.78, 5) is 44.0. The van der Waals surface area contributed by atoms with Crippen molar-refractivity contribution in [3.8, 4) is 0 Å². The number of fused-ring (bicyclic) bond motifs is 2. The summed E-state index contributed by atoms with van der Waals surface area (Å²) in [6.07, 6.45) is 1.88. The van der Waals surface area contributed by atoms with Gasteiger partial charge in [-0.05, 0) is 11.4 Å². The number of nitrogen functional groups attached to an aromatic ring is 1. The second-order valence-corrected chi connectivity index (χ2v) is 9.71. The molecule has 3 aromatic heterocycles.